The van der Waals surface area contributed by atoms with Crippen LogP contribution in [0.15, 0.2) is 0 Å². The molecule has 0 amide bonds. The number of hydrogen-bond donors (Lipinski definition) is 2. The largest absolute Gasteiger partial charge is 0.771 e. The van der Waals surface area contributed by atoms with Gasteiger partial charge in [-0.25, -0.2) is 0 Å². The van der Waals surface area contributed by atoms with E-state index in [1.54, 1.807) is 0 Å². The van der Waals surface area contributed by atoms with E-state index in [-0.39, 0.29) is 5.88 Å². The first-order chi connectivity index (χ1) is 5.29. The van der Waals surface area contributed by atoms with Gasteiger partial charge in [0.2, 0.25) is 0 Å². The summed E-state index contributed by atoms with van der Waals surface area (Å²) >= 11 is -1.95. The highest BCUT2D eigenvalue weighted by Gasteiger charge is 2.10. The molecule has 4 nitrogen and oxygen atoms in total. The minimum Gasteiger partial charge on any atom is -0.771 e. The van der Waals surface area contributed by atoms with Gasteiger partial charge in [0.05, 0.1) is 5.88 Å². The minimum atomic E-state index is -1.95. The second-order valence-electron chi connectivity index (χ2n) is 2.68. The monoisotopic (exact) mass is 177 g/mol. The van der Waals surface area contributed by atoms with E-state index in [0.717, 1.165) is 25.9 Å². The fourth-order valence-corrected chi connectivity index (χ4v) is 1.58. The van der Waals surface area contributed by atoms with Gasteiger partial charge in [-0.1, -0.05) is 0 Å². The summed E-state index contributed by atoms with van der Waals surface area (Å²) in [5.41, 5.74) is 0. The lowest BCUT2D eigenvalue weighted by atomic mass is 10.1. The maximum Gasteiger partial charge on any atom is 0.0590 e. The van der Waals surface area contributed by atoms with Crippen LogP contribution in [0.1, 0.15) is 12.8 Å². The van der Waals surface area contributed by atoms with Gasteiger partial charge in [-0.3, -0.25) is 4.21 Å². The molecule has 0 spiro atoms. The Labute approximate surface area is 69.0 Å². The Morgan fingerprint density at radius 1 is 1.55 bits per heavy atom. The molecule has 1 atom stereocenters. The van der Waals surface area contributed by atoms with E-state index in [1.807, 2.05) is 0 Å². The van der Waals surface area contributed by atoms with Crippen LogP contribution in [0.2, 0.25) is 0 Å². The summed E-state index contributed by atoms with van der Waals surface area (Å²) in [6.07, 6.45) is 2.05. The van der Waals surface area contributed by atoms with Gasteiger partial charge in [-0.2, -0.15) is 0 Å². The highest BCUT2D eigenvalue weighted by Crippen LogP contribution is 2.00. The van der Waals surface area contributed by atoms with Crippen LogP contribution in [-0.4, -0.2) is 33.8 Å². The molecule has 11 heavy (non-hydrogen) atoms. The van der Waals surface area contributed by atoms with E-state index in [9.17, 15) is 8.76 Å². The number of piperidine rings is 1. The molecule has 0 aromatic heterocycles. The van der Waals surface area contributed by atoms with Gasteiger partial charge >= 0.3 is 0 Å². The van der Waals surface area contributed by atoms with Crippen molar-refractivity contribution in [3.05, 3.63) is 0 Å². The van der Waals surface area contributed by atoms with Gasteiger partial charge in [-0.15, -0.1) is 0 Å². The lowest BCUT2D eigenvalue weighted by Gasteiger charge is -2.24. The minimum absolute atomic E-state index is 0.0880. The Morgan fingerprint density at radius 2 is 2.18 bits per heavy atom. The summed E-state index contributed by atoms with van der Waals surface area (Å²) in [4.78, 5) is 0. The predicted octanol–water partition coefficient (Wildman–Crippen LogP) is -0.835. The van der Waals surface area contributed by atoms with Gasteiger partial charge in [0.15, 0.2) is 0 Å². The molecule has 0 aromatic rings. The van der Waals surface area contributed by atoms with Crippen LogP contribution in [0, 0.1) is 0 Å². The van der Waals surface area contributed by atoms with Crippen LogP contribution in [0.3, 0.4) is 0 Å². The molecule has 66 valence electrons. The molecule has 0 aliphatic carbocycles. The number of nitrogens with one attached hydrogen (secondary N) is 2. The topological polar surface area (TPSA) is 64.2 Å². The van der Waals surface area contributed by atoms with Crippen LogP contribution in [0.25, 0.3) is 0 Å². The third kappa shape index (κ3) is 3.81. The maximum atomic E-state index is 10.2. The van der Waals surface area contributed by atoms with Crippen LogP contribution in [0.4, 0.5) is 0 Å². The fourth-order valence-electron chi connectivity index (χ4n) is 1.21. The van der Waals surface area contributed by atoms with E-state index < -0.39 is 11.1 Å². The van der Waals surface area contributed by atoms with Crippen molar-refractivity contribution < 1.29 is 8.76 Å². The maximum absolute atomic E-state index is 10.2. The Morgan fingerprint density at radius 3 is 2.73 bits per heavy atom. The Balaban J connectivity index is 2.09. The van der Waals surface area contributed by atoms with Gasteiger partial charge in [0.25, 0.3) is 0 Å². The van der Waals surface area contributed by atoms with E-state index in [2.05, 4.69) is 10.6 Å². The summed E-state index contributed by atoms with van der Waals surface area (Å²) in [6.45, 7) is 1.98. The average molecular weight is 177 g/mol. The van der Waals surface area contributed by atoms with E-state index in [4.69, 9.17) is 0 Å². The normalized spacial score (nSPS) is 23.4. The van der Waals surface area contributed by atoms with Crippen molar-refractivity contribution in [1.82, 2.24) is 10.6 Å². The van der Waals surface area contributed by atoms with Crippen molar-refractivity contribution in [2.75, 3.05) is 19.0 Å². The molecule has 1 heterocycles. The lowest BCUT2D eigenvalue weighted by Crippen LogP contribution is -2.41. The molecule has 2 N–H and O–H groups in total. The van der Waals surface area contributed by atoms with Gasteiger partial charge in [0.1, 0.15) is 0 Å². The van der Waals surface area contributed by atoms with Crippen molar-refractivity contribution in [2.45, 2.75) is 18.9 Å². The molecule has 0 bridgehead atoms. The average Bonchev–Trinajstić information content (AvgIpc) is 2.03. The van der Waals surface area contributed by atoms with E-state index in [1.165, 1.54) is 0 Å². The van der Waals surface area contributed by atoms with Crippen LogP contribution in [0.5, 0.6) is 0 Å². The molecule has 1 fully saturated rings. The van der Waals surface area contributed by atoms with Crippen molar-refractivity contribution in [3.8, 4) is 0 Å². The van der Waals surface area contributed by atoms with Gasteiger partial charge in [-0.05, 0) is 37.0 Å². The van der Waals surface area contributed by atoms with Crippen LogP contribution in [-0.2, 0) is 11.1 Å². The van der Waals surface area contributed by atoms with Gasteiger partial charge < -0.3 is 15.2 Å². The molecular weight excluding hydrogens is 164 g/mol. The zero-order valence-electron chi connectivity index (χ0n) is 6.34. The van der Waals surface area contributed by atoms with Gasteiger partial charge in [0, 0.05) is 6.04 Å². The molecular formula is C6H13N2O2S-. The highest BCUT2D eigenvalue weighted by molar-refractivity contribution is 7.79. The quantitative estimate of drug-likeness (QED) is 0.552. The second kappa shape index (κ2) is 4.82. The number of hydrogen-bond acceptors (Lipinski definition) is 4. The molecule has 1 rings (SSSR count). The van der Waals surface area contributed by atoms with Crippen molar-refractivity contribution in [2.24, 2.45) is 0 Å². The summed E-state index contributed by atoms with van der Waals surface area (Å²) in [7, 11) is 0. The molecule has 0 radical (unpaired) electrons. The third-order valence-corrected chi connectivity index (χ3v) is 2.23. The zero-order chi connectivity index (χ0) is 8.10. The molecule has 5 heteroatoms. The first-order valence-electron chi connectivity index (χ1n) is 3.79. The van der Waals surface area contributed by atoms with E-state index >= 15 is 0 Å². The summed E-state index contributed by atoms with van der Waals surface area (Å²) < 4.78 is 20.3. The summed E-state index contributed by atoms with van der Waals surface area (Å²) in [5.74, 6) is 0.0880. The standard InChI is InChI=1S/C6H14N2O2S/c9-11(10)5-8-6-1-3-7-4-2-6/h6-8H,1-5H2,(H,9,10)/p-1. The van der Waals surface area contributed by atoms with Crippen molar-refractivity contribution in [3.63, 3.8) is 0 Å². The SMILES string of the molecule is O=S([O-])CNC1CCNCC1. The Bertz CT molecular complexity index is 137. The second-order valence-corrected chi connectivity index (χ2v) is 3.57. The molecule has 0 aromatic carbocycles. The highest BCUT2D eigenvalue weighted by atomic mass is 32.2. The Kier molecular flexibility index (Phi) is 3.99. The van der Waals surface area contributed by atoms with Crippen LogP contribution >= 0.6 is 0 Å². The predicted molar refractivity (Wildman–Crippen MR) is 42.8 cm³/mol. The third-order valence-electron chi connectivity index (χ3n) is 1.83. The first kappa shape index (κ1) is 9.12. The lowest BCUT2D eigenvalue weighted by molar-refractivity contribution is 0.400. The fraction of sp³-hybridized carbons (Fsp3) is 1.00. The van der Waals surface area contributed by atoms with Crippen molar-refractivity contribution >= 4 is 11.1 Å². The zero-order valence-corrected chi connectivity index (χ0v) is 7.15. The molecule has 0 saturated carbocycles. The molecule has 1 aliphatic rings. The molecule has 1 unspecified atom stereocenters. The van der Waals surface area contributed by atoms with Crippen molar-refractivity contribution in [1.29, 1.82) is 0 Å². The smallest absolute Gasteiger partial charge is 0.0590 e. The van der Waals surface area contributed by atoms with E-state index in [0.29, 0.717) is 6.04 Å². The molecule has 1 aliphatic heterocycles. The molecule has 1 saturated heterocycles. The van der Waals surface area contributed by atoms with Crippen LogP contribution < -0.4 is 10.6 Å². The number of rotatable bonds is 3. The summed E-state index contributed by atoms with van der Waals surface area (Å²) in [6, 6.07) is 0.383. The first-order valence-corrected chi connectivity index (χ1v) is 5.03. The Hall–Kier alpha value is 0.0300. The summed E-state index contributed by atoms with van der Waals surface area (Å²) in [5, 5.41) is 6.18.